The predicted molar refractivity (Wildman–Crippen MR) is 71.5 cm³/mol. The Bertz CT molecular complexity index is 307. The maximum absolute atomic E-state index is 11.2. The van der Waals surface area contributed by atoms with Gasteiger partial charge in [0.15, 0.2) is 0 Å². The fourth-order valence-corrected chi connectivity index (χ4v) is 2.52. The van der Waals surface area contributed by atoms with E-state index in [9.17, 15) is 4.79 Å². The van der Waals surface area contributed by atoms with Crippen LogP contribution in [0.15, 0.2) is 11.6 Å². The quantitative estimate of drug-likeness (QED) is 0.721. The number of carbonyl (C=O) groups excluding carboxylic acids is 1. The van der Waals surface area contributed by atoms with Crippen molar-refractivity contribution in [2.24, 2.45) is 23.0 Å². The second-order valence-corrected chi connectivity index (χ2v) is 6.18. The Morgan fingerprint density at radius 2 is 2.24 bits per heavy atom. The van der Waals surface area contributed by atoms with Gasteiger partial charge in [-0.25, -0.2) is 0 Å². The van der Waals surface area contributed by atoms with Crippen molar-refractivity contribution in [2.75, 3.05) is 13.1 Å². The standard InChI is InChI=1S/C14H26N2O/c1-10-5-11(2)7-12(6-10)8-16-9-14(3,4)13(15)17/h5,10,12,16H,6-9H2,1-4H3,(H2,15,17). The summed E-state index contributed by atoms with van der Waals surface area (Å²) in [7, 11) is 0. The lowest BCUT2D eigenvalue weighted by Crippen LogP contribution is -2.42. The molecule has 98 valence electrons. The Kier molecular flexibility index (Phi) is 4.75. The molecule has 3 heteroatoms. The number of nitrogens with two attached hydrogens (primary N) is 1. The normalized spacial score (nSPS) is 25.5. The molecule has 0 aliphatic heterocycles. The van der Waals surface area contributed by atoms with Crippen molar-refractivity contribution in [3.05, 3.63) is 11.6 Å². The van der Waals surface area contributed by atoms with Crippen LogP contribution in [0.1, 0.15) is 40.5 Å². The van der Waals surface area contributed by atoms with Gasteiger partial charge in [0.05, 0.1) is 5.41 Å². The van der Waals surface area contributed by atoms with Gasteiger partial charge in [-0.1, -0.05) is 18.6 Å². The maximum Gasteiger partial charge on any atom is 0.224 e. The van der Waals surface area contributed by atoms with Gasteiger partial charge >= 0.3 is 0 Å². The summed E-state index contributed by atoms with van der Waals surface area (Å²) in [5.41, 5.74) is 6.38. The van der Waals surface area contributed by atoms with Gasteiger partial charge in [-0.05, 0) is 52.0 Å². The number of hydrogen-bond donors (Lipinski definition) is 2. The monoisotopic (exact) mass is 238 g/mol. The molecule has 2 atom stereocenters. The molecule has 3 nitrogen and oxygen atoms in total. The summed E-state index contributed by atoms with van der Waals surface area (Å²) in [5, 5.41) is 3.39. The highest BCUT2D eigenvalue weighted by atomic mass is 16.1. The van der Waals surface area contributed by atoms with Crippen molar-refractivity contribution >= 4 is 5.91 Å². The van der Waals surface area contributed by atoms with Crippen LogP contribution in [0, 0.1) is 17.3 Å². The van der Waals surface area contributed by atoms with E-state index in [-0.39, 0.29) is 5.91 Å². The zero-order valence-corrected chi connectivity index (χ0v) is 11.5. The summed E-state index contributed by atoms with van der Waals surface area (Å²) in [6.07, 6.45) is 4.78. The summed E-state index contributed by atoms with van der Waals surface area (Å²) in [4.78, 5) is 11.2. The van der Waals surface area contributed by atoms with E-state index >= 15 is 0 Å². The van der Waals surface area contributed by atoms with Crippen LogP contribution in [-0.4, -0.2) is 19.0 Å². The minimum absolute atomic E-state index is 0.238. The highest BCUT2D eigenvalue weighted by molar-refractivity contribution is 5.80. The van der Waals surface area contributed by atoms with E-state index in [2.05, 4.69) is 25.2 Å². The summed E-state index contributed by atoms with van der Waals surface area (Å²) in [6, 6.07) is 0. The molecule has 1 aliphatic carbocycles. The van der Waals surface area contributed by atoms with E-state index in [1.54, 1.807) is 0 Å². The second-order valence-electron chi connectivity index (χ2n) is 6.18. The van der Waals surface area contributed by atoms with E-state index in [1.807, 2.05) is 13.8 Å². The minimum Gasteiger partial charge on any atom is -0.369 e. The highest BCUT2D eigenvalue weighted by Gasteiger charge is 2.25. The van der Waals surface area contributed by atoms with Crippen LogP contribution in [0.25, 0.3) is 0 Å². The topological polar surface area (TPSA) is 55.1 Å². The highest BCUT2D eigenvalue weighted by Crippen LogP contribution is 2.27. The van der Waals surface area contributed by atoms with Gasteiger partial charge in [0.1, 0.15) is 0 Å². The van der Waals surface area contributed by atoms with Gasteiger partial charge in [-0.3, -0.25) is 4.79 Å². The van der Waals surface area contributed by atoms with Gasteiger partial charge in [-0.15, -0.1) is 0 Å². The van der Waals surface area contributed by atoms with Crippen LogP contribution in [-0.2, 0) is 4.79 Å². The molecule has 0 bridgehead atoms. The molecule has 17 heavy (non-hydrogen) atoms. The molecule has 0 heterocycles. The van der Waals surface area contributed by atoms with Crippen LogP contribution < -0.4 is 11.1 Å². The first-order valence-electron chi connectivity index (χ1n) is 6.49. The van der Waals surface area contributed by atoms with Gasteiger partial charge in [0.2, 0.25) is 5.91 Å². The first-order valence-corrected chi connectivity index (χ1v) is 6.49. The first kappa shape index (κ1) is 14.2. The number of allylic oxidation sites excluding steroid dienone is 2. The van der Waals surface area contributed by atoms with E-state index in [0.717, 1.165) is 6.54 Å². The van der Waals surface area contributed by atoms with E-state index in [4.69, 9.17) is 5.73 Å². The molecular formula is C14H26N2O. The Morgan fingerprint density at radius 1 is 1.59 bits per heavy atom. The largest absolute Gasteiger partial charge is 0.369 e. The third-order valence-electron chi connectivity index (χ3n) is 3.55. The molecule has 0 saturated carbocycles. The summed E-state index contributed by atoms with van der Waals surface area (Å²) in [5.74, 6) is 1.14. The lowest BCUT2D eigenvalue weighted by molar-refractivity contribution is -0.125. The van der Waals surface area contributed by atoms with E-state index in [0.29, 0.717) is 18.4 Å². The smallest absolute Gasteiger partial charge is 0.224 e. The molecule has 0 radical (unpaired) electrons. The number of amides is 1. The van der Waals surface area contributed by atoms with E-state index < -0.39 is 5.41 Å². The van der Waals surface area contributed by atoms with Crippen LogP contribution >= 0.6 is 0 Å². The number of rotatable bonds is 5. The molecule has 1 rings (SSSR count). The van der Waals surface area contributed by atoms with Crippen LogP contribution in [0.2, 0.25) is 0 Å². The average molecular weight is 238 g/mol. The second kappa shape index (κ2) is 5.67. The molecule has 0 saturated heterocycles. The van der Waals surface area contributed by atoms with Crippen molar-refractivity contribution in [3.8, 4) is 0 Å². The Labute approximate surface area is 105 Å². The molecule has 0 aromatic rings. The van der Waals surface area contributed by atoms with Crippen molar-refractivity contribution in [3.63, 3.8) is 0 Å². The predicted octanol–water partition coefficient (Wildman–Crippen LogP) is 2.08. The molecule has 0 aromatic heterocycles. The fourth-order valence-electron chi connectivity index (χ4n) is 2.52. The summed E-state index contributed by atoms with van der Waals surface area (Å²) >= 11 is 0. The molecule has 3 N–H and O–H groups in total. The van der Waals surface area contributed by atoms with E-state index in [1.165, 1.54) is 18.4 Å². The Balaban J connectivity index is 2.33. The SMILES string of the molecule is CC1=CC(C)CC(CNCC(C)(C)C(N)=O)C1. The van der Waals surface area contributed by atoms with Crippen LogP contribution in [0.3, 0.4) is 0 Å². The Morgan fingerprint density at radius 3 is 2.76 bits per heavy atom. The van der Waals surface area contributed by atoms with Gasteiger partial charge in [0.25, 0.3) is 0 Å². The molecule has 0 fully saturated rings. The number of carbonyl (C=O) groups is 1. The fraction of sp³-hybridized carbons (Fsp3) is 0.786. The van der Waals surface area contributed by atoms with Gasteiger partial charge in [0, 0.05) is 6.54 Å². The van der Waals surface area contributed by atoms with Crippen molar-refractivity contribution < 1.29 is 4.79 Å². The first-order chi connectivity index (χ1) is 7.81. The van der Waals surface area contributed by atoms with Crippen LogP contribution in [0.4, 0.5) is 0 Å². The molecule has 2 unspecified atom stereocenters. The lowest BCUT2D eigenvalue weighted by Gasteiger charge is -2.27. The molecule has 1 amide bonds. The minimum atomic E-state index is -0.453. The lowest BCUT2D eigenvalue weighted by atomic mass is 9.83. The number of nitrogens with one attached hydrogen (secondary N) is 1. The zero-order chi connectivity index (χ0) is 13.1. The van der Waals surface area contributed by atoms with Crippen molar-refractivity contribution in [1.82, 2.24) is 5.32 Å². The van der Waals surface area contributed by atoms with Crippen LogP contribution in [0.5, 0.6) is 0 Å². The van der Waals surface area contributed by atoms with Gasteiger partial charge < -0.3 is 11.1 Å². The van der Waals surface area contributed by atoms with Crippen molar-refractivity contribution in [1.29, 1.82) is 0 Å². The molecule has 1 aliphatic rings. The molecule has 0 spiro atoms. The summed E-state index contributed by atoms with van der Waals surface area (Å²) < 4.78 is 0. The van der Waals surface area contributed by atoms with Gasteiger partial charge in [-0.2, -0.15) is 0 Å². The third kappa shape index (κ3) is 4.50. The van der Waals surface area contributed by atoms with Crippen molar-refractivity contribution in [2.45, 2.75) is 40.5 Å². The number of hydrogen-bond acceptors (Lipinski definition) is 2. The average Bonchev–Trinajstić information content (AvgIpc) is 2.15. The Hall–Kier alpha value is -0.830. The zero-order valence-electron chi connectivity index (χ0n) is 11.5. The molecule has 0 aromatic carbocycles. The third-order valence-corrected chi connectivity index (χ3v) is 3.55. The molecular weight excluding hydrogens is 212 g/mol. The maximum atomic E-state index is 11.2. The summed E-state index contributed by atoms with van der Waals surface area (Å²) in [6.45, 7) is 9.88. The number of primary amides is 1.